The van der Waals surface area contributed by atoms with Crippen molar-refractivity contribution in [3.05, 3.63) is 0 Å². The van der Waals surface area contributed by atoms with Gasteiger partial charge in [0.2, 0.25) is 0 Å². The van der Waals surface area contributed by atoms with Gasteiger partial charge in [-0.2, -0.15) is 0 Å². The molecule has 0 heterocycles. The fourth-order valence-electron chi connectivity index (χ4n) is 1.75. The second-order valence-corrected chi connectivity index (χ2v) is 3.54. The Morgan fingerprint density at radius 2 is 2.33 bits per heavy atom. The van der Waals surface area contributed by atoms with Gasteiger partial charge in [0, 0.05) is 0 Å². The summed E-state index contributed by atoms with van der Waals surface area (Å²) < 4.78 is 0. The molecule has 2 N–H and O–H groups in total. The van der Waals surface area contributed by atoms with E-state index in [1.165, 1.54) is 19.3 Å². The van der Waals surface area contributed by atoms with Crippen molar-refractivity contribution in [1.29, 1.82) is 0 Å². The number of hydrogen-bond donors (Lipinski definition) is 1. The lowest BCUT2D eigenvalue weighted by atomic mass is 10.0. The third-order valence-electron chi connectivity index (χ3n) is 2.64. The van der Waals surface area contributed by atoms with Crippen LogP contribution in [0.4, 0.5) is 0 Å². The van der Waals surface area contributed by atoms with Crippen molar-refractivity contribution in [1.82, 2.24) is 0 Å². The van der Waals surface area contributed by atoms with Gasteiger partial charge < -0.3 is 5.73 Å². The zero-order valence-corrected chi connectivity index (χ0v) is 6.48. The molecule has 1 rings (SSSR count). The lowest BCUT2D eigenvalue weighted by Gasteiger charge is -2.06. The monoisotopic (exact) mass is 127 g/mol. The van der Waals surface area contributed by atoms with Gasteiger partial charge >= 0.3 is 0 Å². The van der Waals surface area contributed by atoms with Crippen molar-refractivity contribution in [3.8, 4) is 0 Å². The highest BCUT2D eigenvalue weighted by Gasteiger charge is 2.47. The van der Waals surface area contributed by atoms with Gasteiger partial charge in [0.25, 0.3) is 0 Å². The quantitative estimate of drug-likeness (QED) is 0.614. The molecule has 1 fully saturated rings. The summed E-state index contributed by atoms with van der Waals surface area (Å²) in [6.07, 6.45) is 4.05. The van der Waals surface area contributed by atoms with Gasteiger partial charge in [-0.3, -0.25) is 0 Å². The molecule has 54 valence electrons. The Kier molecular flexibility index (Phi) is 1.80. The summed E-state index contributed by atoms with van der Waals surface area (Å²) in [5.41, 5.74) is 6.18. The maximum Gasteiger partial charge on any atom is -0.00434 e. The Morgan fingerprint density at radius 3 is 2.67 bits per heavy atom. The Morgan fingerprint density at radius 1 is 1.67 bits per heavy atom. The molecular weight excluding hydrogens is 110 g/mol. The summed E-state index contributed by atoms with van der Waals surface area (Å²) in [6, 6.07) is 0. The van der Waals surface area contributed by atoms with Crippen molar-refractivity contribution in [2.45, 2.75) is 33.1 Å². The number of nitrogens with two attached hydrogens (primary N) is 1. The average Bonchev–Trinajstić information content (AvgIpc) is 2.43. The van der Waals surface area contributed by atoms with Gasteiger partial charge in [0.1, 0.15) is 0 Å². The normalized spacial score (nSPS) is 41.0. The van der Waals surface area contributed by atoms with Gasteiger partial charge in [-0.15, -0.1) is 0 Å². The first-order valence-corrected chi connectivity index (χ1v) is 3.93. The minimum absolute atomic E-state index is 0.642. The van der Waals surface area contributed by atoms with Crippen LogP contribution in [0.5, 0.6) is 0 Å². The molecule has 2 atom stereocenters. The molecule has 0 saturated heterocycles. The maximum atomic E-state index is 5.54. The average molecular weight is 127 g/mol. The molecule has 0 aliphatic heterocycles. The molecule has 2 unspecified atom stereocenters. The maximum absolute atomic E-state index is 5.54. The van der Waals surface area contributed by atoms with E-state index in [0.29, 0.717) is 5.41 Å². The van der Waals surface area contributed by atoms with Crippen molar-refractivity contribution in [2.75, 3.05) is 6.54 Å². The molecule has 1 heteroatoms. The fourth-order valence-corrected chi connectivity index (χ4v) is 1.75. The van der Waals surface area contributed by atoms with Crippen LogP contribution in [0.1, 0.15) is 33.1 Å². The van der Waals surface area contributed by atoms with Crippen LogP contribution in [0.15, 0.2) is 0 Å². The third kappa shape index (κ3) is 1.26. The van der Waals surface area contributed by atoms with E-state index in [0.717, 1.165) is 12.5 Å². The molecule has 1 saturated carbocycles. The van der Waals surface area contributed by atoms with Gasteiger partial charge in [0.05, 0.1) is 0 Å². The highest BCUT2D eigenvalue weighted by molar-refractivity contribution is 4.98. The zero-order valence-electron chi connectivity index (χ0n) is 6.48. The van der Waals surface area contributed by atoms with E-state index >= 15 is 0 Å². The molecule has 1 aliphatic carbocycles. The van der Waals surface area contributed by atoms with Crippen LogP contribution in [0.2, 0.25) is 0 Å². The van der Waals surface area contributed by atoms with Gasteiger partial charge in [0.15, 0.2) is 0 Å². The third-order valence-corrected chi connectivity index (χ3v) is 2.64. The predicted molar refractivity (Wildman–Crippen MR) is 40.2 cm³/mol. The molecule has 9 heavy (non-hydrogen) atoms. The van der Waals surface area contributed by atoms with Crippen LogP contribution in [-0.2, 0) is 0 Å². The summed E-state index contributed by atoms with van der Waals surface area (Å²) >= 11 is 0. The van der Waals surface area contributed by atoms with E-state index in [2.05, 4.69) is 13.8 Å². The molecule has 1 aliphatic rings. The number of hydrogen-bond acceptors (Lipinski definition) is 1. The van der Waals surface area contributed by atoms with Crippen LogP contribution in [0.3, 0.4) is 0 Å². The minimum atomic E-state index is 0.642. The SMILES string of the molecule is CCCC1(C)CC1CN. The van der Waals surface area contributed by atoms with Gasteiger partial charge in [-0.1, -0.05) is 20.3 Å². The molecule has 0 radical (unpaired) electrons. The summed E-state index contributed by atoms with van der Waals surface area (Å²) in [7, 11) is 0. The Bertz CT molecular complexity index is 101. The van der Waals surface area contributed by atoms with E-state index in [1.54, 1.807) is 0 Å². The van der Waals surface area contributed by atoms with Crippen molar-refractivity contribution in [2.24, 2.45) is 17.1 Å². The molecule has 0 bridgehead atoms. The number of rotatable bonds is 3. The van der Waals surface area contributed by atoms with Crippen molar-refractivity contribution in [3.63, 3.8) is 0 Å². The first kappa shape index (κ1) is 7.07. The predicted octanol–water partition coefficient (Wildman–Crippen LogP) is 1.77. The largest absolute Gasteiger partial charge is 0.330 e. The second kappa shape index (κ2) is 2.30. The van der Waals surface area contributed by atoms with E-state index < -0.39 is 0 Å². The second-order valence-electron chi connectivity index (χ2n) is 3.54. The summed E-state index contributed by atoms with van der Waals surface area (Å²) in [4.78, 5) is 0. The topological polar surface area (TPSA) is 26.0 Å². The first-order chi connectivity index (χ1) is 4.23. The van der Waals surface area contributed by atoms with E-state index in [4.69, 9.17) is 5.73 Å². The van der Waals surface area contributed by atoms with E-state index in [1.807, 2.05) is 0 Å². The van der Waals surface area contributed by atoms with E-state index in [9.17, 15) is 0 Å². The molecule has 0 aromatic carbocycles. The Balaban J connectivity index is 2.25. The smallest absolute Gasteiger partial charge is 0.00434 e. The summed E-state index contributed by atoms with van der Waals surface area (Å²) in [5, 5.41) is 0. The molecule has 0 amide bonds. The van der Waals surface area contributed by atoms with E-state index in [-0.39, 0.29) is 0 Å². The molecule has 0 spiro atoms. The molecule has 0 aromatic heterocycles. The lowest BCUT2D eigenvalue weighted by molar-refractivity contribution is 0.458. The van der Waals surface area contributed by atoms with Crippen molar-refractivity contribution >= 4 is 0 Å². The van der Waals surface area contributed by atoms with Crippen LogP contribution in [-0.4, -0.2) is 6.54 Å². The van der Waals surface area contributed by atoms with Crippen molar-refractivity contribution < 1.29 is 0 Å². The van der Waals surface area contributed by atoms with Crippen LogP contribution in [0, 0.1) is 11.3 Å². The molecule has 0 aromatic rings. The molecular formula is C8H17N. The van der Waals surface area contributed by atoms with Crippen LogP contribution < -0.4 is 5.73 Å². The highest BCUT2D eigenvalue weighted by atomic mass is 14.7. The highest BCUT2D eigenvalue weighted by Crippen LogP contribution is 2.54. The van der Waals surface area contributed by atoms with Crippen LogP contribution in [0.25, 0.3) is 0 Å². The first-order valence-electron chi connectivity index (χ1n) is 3.93. The standard InChI is InChI=1S/C8H17N/c1-3-4-8(2)5-7(8)6-9/h7H,3-6,9H2,1-2H3. The minimum Gasteiger partial charge on any atom is -0.330 e. The zero-order chi connectivity index (χ0) is 6.91. The molecule has 1 nitrogen and oxygen atoms in total. The lowest BCUT2D eigenvalue weighted by Crippen LogP contribution is -2.07. The summed E-state index contributed by atoms with van der Waals surface area (Å²) in [5.74, 6) is 0.845. The summed E-state index contributed by atoms with van der Waals surface area (Å²) in [6.45, 7) is 5.50. The van der Waals surface area contributed by atoms with Crippen LogP contribution >= 0.6 is 0 Å². The Labute approximate surface area is 57.6 Å². The van der Waals surface area contributed by atoms with Gasteiger partial charge in [-0.05, 0) is 30.7 Å². The van der Waals surface area contributed by atoms with Gasteiger partial charge in [-0.25, -0.2) is 0 Å². The fraction of sp³-hybridized carbons (Fsp3) is 1.00. The Hall–Kier alpha value is -0.0400.